The summed E-state index contributed by atoms with van der Waals surface area (Å²) in [6.07, 6.45) is 0.0812. The number of carboxylic acids is 1. The maximum Gasteiger partial charge on any atom is 0.328 e. The molecule has 0 saturated carbocycles. The topological polar surface area (TPSA) is 110 Å². The number of likely N-dealkylation sites (tertiary alicyclic amines) is 1. The van der Waals surface area contributed by atoms with Gasteiger partial charge in [0.25, 0.3) is 0 Å². The lowest BCUT2D eigenvalue weighted by Crippen LogP contribution is -2.54. The molecule has 0 aliphatic carbocycles. The minimum atomic E-state index is -1.31. The molecule has 1 aliphatic rings. The number of rotatable bonds is 3. The smallest absolute Gasteiger partial charge is 0.328 e. The van der Waals surface area contributed by atoms with E-state index >= 15 is 0 Å². The molecule has 7 nitrogen and oxygen atoms in total. The van der Waals surface area contributed by atoms with Crippen molar-refractivity contribution in [1.82, 2.24) is 10.2 Å². The van der Waals surface area contributed by atoms with Crippen molar-refractivity contribution in [2.24, 2.45) is 5.92 Å². The van der Waals surface area contributed by atoms with Crippen LogP contribution in [0, 0.1) is 5.92 Å². The molecule has 1 saturated heterocycles. The van der Waals surface area contributed by atoms with Gasteiger partial charge >= 0.3 is 12.0 Å². The van der Waals surface area contributed by atoms with Crippen LogP contribution < -0.4 is 5.32 Å². The highest BCUT2D eigenvalue weighted by Gasteiger charge is 2.29. The van der Waals surface area contributed by atoms with Crippen LogP contribution in [0.1, 0.15) is 13.3 Å². The Bertz CT molecular complexity index is 296. The molecular formula is C10H18N2O5. The Kier molecular flexibility index (Phi) is 4.71. The second-order valence-electron chi connectivity index (χ2n) is 4.30. The van der Waals surface area contributed by atoms with E-state index < -0.39 is 30.8 Å². The first-order valence-electron chi connectivity index (χ1n) is 5.53. The summed E-state index contributed by atoms with van der Waals surface area (Å²) in [5.41, 5.74) is 0. The number of amides is 2. The highest BCUT2D eigenvalue weighted by atomic mass is 16.4. The zero-order valence-corrected chi connectivity index (χ0v) is 9.67. The van der Waals surface area contributed by atoms with Crippen LogP contribution in [0.4, 0.5) is 4.79 Å². The number of carboxylic acid groups (broad SMARTS) is 1. The summed E-state index contributed by atoms with van der Waals surface area (Å²) < 4.78 is 0. The standard InChI is InChI=1S/C10H18N2O5/c1-6-2-3-12(4-8(6)14)10(17)11-7(5-13)9(15)16/h6-8,13-14H,2-5H2,1H3,(H,11,17)(H,15,16)/t6?,7-,8?/m1/s1. The van der Waals surface area contributed by atoms with Crippen LogP contribution in [-0.4, -0.2) is 64.1 Å². The van der Waals surface area contributed by atoms with Gasteiger partial charge in [0.15, 0.2) is 6.04 Å². The molecule has 1 aliphatic heterocycles. The van der Waals surface area contributed by atoms with Crippen LogP contribution in [0.15, 0.2) is 0 Å². The van der Waals surface area contributed by atoms with Gasteiger partial charge in [-0.1, -0.05) is 6.92 Å². The lowest BCUT2D eigenvalue weighted by Gasteiger charge is -2.34. The number of nitrogens with one attached hydrogen (secondary N) is 1. The number of aliphatic hydroxyl groups excluding tert-OH is 2. The van der Waals surface area contributed by atoms with Gasteiger partial charge < -0.3 is 25.5 Å². The molecule has 17 heavy (non-hydrogen) atoms. The summed E-state index contributed by atoms with van der Waals surface area (Å²) in [5, 5.41) is 29.3. The molecule has 7 heteroatoms. The molecule has 98 valence electrons. The quantitative estimate of drug-likeness (QED) is 0.502. The Labute approximate surface area is 99.0 Å². The molecule has 1 fully saturated rings. The second kappa shape index (κ2) is 5.83. The Hall–Kier alpha value is -1.34. The average molecular weight is 246 g/mol. The van der Waals surface area contributed by atoms with Gasteiger partial charge in [0, 0.05) is 13.1 Å². The van der Waals surface area contributed by atoms with Gasteiger partial charge in [-0.15, -0.1) is 0 Å². The molecule has 0 aromatic heterocycles. The van der Waals surface area contributed by atoms with Crippen LogP contribution in [-0.2, 0) is 4.79 Å². The third kappa shape index (κ3) is 3.57. The number of piperidine rings is 1. The van der Waals surface area contributed by atoms with Gasteiger partial charge in [-0.2, -0.15) is 0 Å². The van der Waals surface area contributed by atoms with Crippen molar-refractivity contribution >= 4 is 12.0 Å². The molecule has 0 spiro atoms. The van der Waals surface area contributed by atoms with Crippen LogP contribution in [0.3, 0.4) is 0 Å². The molecule has 3 atom stereocenters. The van der Waals surface area contributed by atoms with Gasteiger partial charge in [-0.25, -0.2) is 9.59 Å². The number of β-amino-alcohol motifs (C(OH)–C–C–N with tert-alkyl or cyclic N) is 1. The fourth-order valence-corrected chi connectivity index (χ4v) is 1.66. The van der Waals surface area contributed by atoms with Crippen molar-refractivity contribution in [3.05, 3.63) is 0 Å². The summed E-state index contributed by atoms with van der Waals surface area (Å²) in [6.45, 7) is 1.90. The number of carbonyl (C=O) groups excluding carboxylic acids is 1. The first kappa shape index (κ1) is 13.7. The van der Waals surface area contributed by atoms with E-state index in [1.54, 1.807) is 0 Å². The second-order valence-corrected chi connectivity index (χ2v) is 4.30. The predicted octanol–water partition coefficient (Wildman–Crippen LogP) is -1.16. The van der Waals surface area contributed by atoms with Gasteiger partial charge in [-0.05, 0) is 12.3 Å². The maximum atomic E-state index is 11.7. The van der Waals surface area contributed by atoms with Crippen LogP contribution in [0.5, 0.6) is 0 Å². The lowest BCUT2D eigenvalue weighted by molar-refractivity contribution is -0.140. The largest absolute Gasteiger partial charge is 0.480 e. The highest BCUT2D eigenvalue weighted by molar-refractivity contribution is 5.82. The number of aliphatic carboxylic acids is 1. The van der Waals surface area contributed by atoms with E-state index in [0.717, 1.165) is 0 Å². The van der Waals surface area contributed by atoms with Crippen LogP contribution >= 0.6 is 0 Å². The van der Waals surface area contributed by atoms with Crippen molar-refractivity contribution in [3.8, 4) is 0 Å². The number of urea groups is 1. The first-order chi connectivity index (χ1) is 7.95. The van der Waals surface area contributed by atoms with Crippen LogP contribution in [0.25, 0.3) is 0 Å². The summed E-state index contributed by atoms with van der Waals surface area (Å²) in [5.74, 6) is -1.15. The van der Waals surface area contributed by atoms with E-state index in [4.69, 9.17) is 10.2 Å². The van der Waals surface area contributed by atoms with Gasteiger partial charge in [0.2, 0.25) is 0 Å². The van der Waals surface area contributed by atoms with Gasteiger partial charge in [-0.3, -0.25) is 0 Å². The number of nitrogens with zero attached hydrogens (tertiary/aromatic N) is 1. The molecule has 1 heterocycles. The number of hydrogen-bond acceptors (Lipinski definition) is 4. The zero-order chi connectivity index (χ0) is 13.0. The van der Waals surface area contributed by atoms with Gasteiger partial charge in [0.1, 0.15) is 0 Å². The van der Waals surface area contributed by atoms with Crippen molar-refractivity contribution in [2.45, 2.75) is 25.5 Å². The fraction of sp³-hybridized carbons (Fsp3) is 0.800. The summed E-state index contributed by atoms with van der Waals surface area (Å²) >= 11 is 0. The first-order valence-corrected chi connectivity index (χ1v) is 5.53. The third-order valence-corrected chi connectivity index (χ3v) is 2.98. The Morgan fingerprint density at radius 2 is 2.18 bits per heavy atom. The molecule has 0 bridgehead atoms. The normalized spacial score (nSPS) is 26.4. The fourth-order valence-electron chi connectivity index (χ4n) is 1.66. The Balaban J connectivity index is 2.50. The number of aliphatic hydroxyl groups is 2. The molecule has 0 aromatic carbocycles. The third-order valence-electron chi connectivity index (χ3n) is 2.98. The van der Waals surface area contributed by atoms with Crippen molar-refractivity contribution in [1.29, 1.82) is 0 Å². The van der Waals surface area contributed by atoms with E-state index in [0.29, 0.717) is 13.0 Å². The summed E-state index contributed by atoms with van der Waals surface area (Å²) in [4.78, 5) is 23.6. The molecule has 2 unspecified atom stereocenters. The molecule has 2 amide bonds. The number of hydrogen-bond donors (Lipinski definition) is 4. The predicted molar refractivity (Wildman–Crippen MR) is 58.4 cm³/mol. The molecule has 4 N–H and O–H groups in total. The Morgan fingerprint density at radius 3 is 2.65 bits per heavy atom. The Morgan fingerprint density at radius 1 is 1.53 bits per heavy atom. The average Bonchev–Trinajstić information content (AvgIpc) is 2.28. The molecule has 0 aromatic rings. The molecule has 0 radical (unpaired) electrons. The maximum absolute atomic E-state index is 11.7. The number of carbonyl (C=O) groups is 2. The van der Waals surface area contributed by atoms with E-state index in [1.165, 1.54) is 4.90 Å². The SMILES string of the molecule is CC1CCN(C(=O)N[C@H](CO)C(=O)O)CC1O. The molecule has 1 rings (SSSR count). The van der Waals surface area contributed by atoms with E-state index in [9.17, 15) is 14.7 Å². The highest BCUT2D eigenvalue weighted by Crippen LogP contribution is 2.16. The minimum absolute atomic E-state index is 0.132. The van der Waals surface area contributed by atoms with E-state index in [-0.39, 0.29) is 12.5 Å². The van der Waals surface area contributed by atoms with Crippen LogP contribution in [0.2, 0.25) is 0 Å². The van der Waals surface area contributed by atoms with E-state index in [2.05, 4.69) is 5.32 Å². The van der Waals surface area contributed by atoms with Crippen molar-refractivity contribution < 1.29 is 24.9 Å². The zero-order valence-electron chi connectivity index (χ0n) is 9.67. The van der Waals surface area contributed by atoms with E-state index in [1.807, 2.05) is 6.92 Å². The summed E-state index contributed by atoms with van der Waals surface area (Å²) in [7, 11) is 0. The van der Waals surface area contributed by atoms with Gasteiger partial charge in [0.05, 0.1) is 12.7 Å². The summed E-state index contributed by atoms with van der Waals surface area (Å²) in [6, 6.07) is -1.88. The molecular weight excluding hydrogens is 228 g/mol. The lowest BCUT2D eigenvalue weighted by atomic mass is 9.96. The monoisotopic (exact) mass is 246 g/mol. The van der Waals surface area contributed by atoms with Crippen molar-refractivity contribution in [3.63, 3.8) is 0 Å². The minimum Gasteiger partial charge on any atom is -0.480 e. The van der Waals surface area contributed by atoms with Crippen molar-refractivity contribution in [2.75, 3.05) is 19.7 Å².